The van der Waals surface area contributed by atoms with Crippen molar-refractivity contribution < 1.29 is 17.7 Å². The Kier molecular flexibility index (Phi) is 3.10. The van der Waals surface area contributed by atoms with Crippen molar-refractivity contribution in [2.45, 2.75) is 6.42 Å². The highest BCUT2D eigenvalue weighted by Crippen LogP contribution is 2.23. The maximum atomic E-state index is 13.4. The zero-order valence-corrected chi connectivity index (χ0v) is 8.58. The maximum Gasteiger partial charge on any atom is 0.228 e. The van der Waals surface area contributed by atoms with Crippen LogP contribution in [-0.2, 0) is 6.42 Å². The van der Waals surface area contributed by atoms with Crippen LogP contribution < -0.4 is 5.73 Å². The van der Waals surface area contributed by atoms with Crippen LogP contribution >= 0.6 is 0 Å². The van der Waals surface area contributed by atoms with Gasteiger partial charge in [0.2, 0.25) is 11.7 Å². The summed E-state index contributed by atoms with van der Waals surface area (Å²) in [6.45, 7) is 0.294. The molecule has 0 fully saturated rings. The standard InChI is InChI=1S/C10H8F3N3O/c11-6-2-1-5(8(12)9(6)13)10-15-7(3-4-14)17-16-10/h1-2H,3-4,14H2. The van der Waals surface area contributed by atoms with Gasteiger partial charge < -0.3 is 10.3 Å². The Labute approximate surface area is 94.2 Å². The van der Waals surface area contributed by atoms with E-state index < -0.39 is 17.5 Å². The highest BCUT2D eigenvalue weighted by Gasteiger charge is 2.18. The van der Waals surface area contributed by atoms with Gasteiger partial charge in [-0.15, -0.1) is 0 Å². The molecule has 0 radical (unpaired) electrons. The summed E-state index contributed by atoms with van der Waals surface area (Å²) >= 11 is 0. The number of rotatable bonds is 3. The second-order valence-electron chi connectivity index (χ2n) is 3.27. The number of hydrogen-bond donors (Lipinski definition) is 1. The van der Waals surface area contributed by atoms with E-state index in [1.165, 1.54) is 0 Å². The molecule has 0 aliphatic rings. The molecule has 2 aromatic rings. The molecule has 90 valence electrons. The van der Waals surface area contributed by atoms with E-state index in [1.54, 1.807) is 0 Å². The third kappa shape index (κ3) is 2.14. The fourth-order valence-electron chi connectivity index (χ4n) is 1.29. The van der Waals surface area contributed by atoms with Crippen LogP contribution in [0.5, 0.6) is 0 Å². The molecule has 1 heterocycles. The number of benzene rings is 1. The van der Waals surface area contributed by atoms with E-state index in [-0.39, 0.29) is 17.3 Å². The average Bonchev–Trinajstić information content (AvgIpc) is 2.75. The van der Waals surface area contributed by atoms with E-state index in [1.807, 2.05) is 0 Å². The van der Waals surface area contributed by atoms with Crippen molar-refractivity contribution in [1.29, 1.82) is 0 Å². The van der Waals surface area contributed by atoms with Gasteiger partial charge >= 0.3 is 0 Å². The molecule has 2 N–H and O–H groups in total. The molecule has 0 bridgehead atoms. The first kappa shape index (κ1) is 11.6. The van der Waals surface area contributed by atoms with Gasteiger partial charge in [-0.1, -0.05) is 5.16 Å². The molecular formula is C10H8F3N3O. The number of nitrogens with zero attached hydrogens (tertiary/aromatic N) is 2. The molecule has 0 saturated carbocycles. The lowest BCUT2D eigenvalue weighted by molar-refractivity contribution is 0.379. The Balaban J connectivity index is 2.42. The molecular weight excluding hydrogens is 235 g/mol. The Morgan fingerprint density at radius 1 is 1.18 bits per heavy atom. The fourth-order valence-corrected chi connectivity index (χ4v) is 1.29. The third-order valence-corrected chi connectivity index (χ3v) is 2.10. The summed E-state index contributed by atoms with van der Waals surface area (Å²) in [5.41, 5.74) is 5.02. The van der Waals surface area contributed by atoms with Crippen molar-refractivity contribution in [3.63, 3.8) is 0 Å². The van der Waals surface area contributed by atoms with Gasteiger partial charge in [0.25, 0.3) is 0 Å². The van der Waals surface area contributed by atoms with Crippen LogP contribution in [0.1, 0.15) is 5.89 Å². The normalized spacial score (nSPS) is 10.8. The van der Waals surface area contributed by atoms with Crippen LogP contribution in [0.4, 0.5) is 13.2 Å². The lowest BCUT2D eigenvalue weighted by atomic mass is 10.2. The monoisotopic (exact) mass is 243 g/mol. The first-order valence-corrected chi connectivity index (χ1v) is 4.80. The Hall–Kier alpha value is -1.89. The van der Waals surface area contributed by atoms with Gasteiger partial charge in [0, 0.05) is 13.0 Å². The summed E-state index contributed by atoms with van der Waals surface area (Å²) < 4.78 is 43.8. The molecule has 2 rings (SSSR count). The Morgan fingerprint density at radius 2 is 1.94 bits per heavy atom. The van der Waals surface area contributed by atoms with E-state index in [4.69, 9.17) is 10.3 Å². The van der Waals surface area contributed by atoms with Crippen molar-refractivity contribution >= 4 is 0 Å². The molecule has 0 amide bonds. The lowest BCUT2D eigenvalue weighted by Crippen LogP contribution is -2.02. The van der Waals surface area contributed by atoms with Gasteiger partial charge in [-0.2, -0.15) is 4.98 Å². The van der Waals surface area contributed by atoms with Crippen LogP contribution in [0.3, 0.4) is 0 Å². The smallest absolute Gasteiger partial charge is 0.228 e. The second kappa shape index (κ2) is 4.54. The highest BCUT2D eigenvalue weighted by atomic mass is 19.2. The summed E-state index contributed by atoms with van der Waals surface area (Å²) in [5.74, 6) is -4.09. The molecule has 4 nitrogen and oxygen atoms in total. The SMILES string of the molecule is NCCc1nc(-c2ccc(F)c(F)c2F)no1. The van der Waals surface area contributed by atoms with Gasteiger partial charge in [0.05, 0.1) is 5.56 Å². The van der Waals surface area contributed by atoms with Crippen molar-refractivity contribution in [2.24, 2.45) is 5.73 Å². The van der Waals surface area contributed by atoms with Crippen LogP contribution in [0, 0.1) is 17.5 Å². The number of aromatic nitrogens is 2. The maximum absolute atomic E-state index is 13.4. The molecule has 0 aliphatic carbocycles. The van der Waals surface area contributed by atoms with Crippen LogP contribution in [0.25, 0.3) is 11.4 Å². The minimum absolute atomic E-state index is 0.134. The largest absolute Gasteiger partial charge is 0.339 e. The zero-order valence-electron chi connectivity index (χ0n) is 8.58. The number of hydrogen-bond acceptors (Lipinski definition) is 4. The fraction of sp³-hybridized carbons (Fsp3) is 0.200. The van der Waals surface area contributed by atoms with Crippen molar-refractivity contribution in [3.8, 4) is 11.4 Å². The van der Waals surface area contributed by atoms with Gasteiger partial charge in [0.15, 0.2) is 17.5 Å². The van der Waals surface area contributed by atoms with Crippen molar-refractivity contribution in [1.82, 2.24) is 10.1 Å². The van der Waals surface area contributed by atoms with Gasteiger partial charge in [-0.25, -0.2) is 13.2 Å². The molecule has 7 heteroatoms. The molecule has 0 spiro atoms. The van der Waals surface area contributed by atoms with E-state index in [0.717, 1.165) is 12.1 Å². The van der Waals surface area contributed by atoms with Crippen LogP contribution in [0.2, 0.25) is 0 Å². The topological polar surface area (TPSA) is 64.9 Å². The molecule has 0 unspecified atom stereocenters. The average molecular weight is 243 g/mol. The first-order valence-electron chi connectivity index (χ1n) is 4.80. The van der Waals surface area contributed by atoms with E-state index in [2.05, 4.69) is 10.1 Å². The van der Waals surface area contributed by atoms with E-state index >= 15 is 0 Å². The Bertz CT molecular complexity index is 542. The first-order chi connectivity index (χ1) is 8.13. The molecule has 0 aliphatic heterocycles. The molecule has 1 aromatic carbocycles. The summed E-state index contributed by atoms with van der Waals surface area (Å²) in [5, 5.41) is 3.47. The van der Waals surface area contributed by atoms with E-state index in [0.29, 0.717) is 13.0 Å². The van der Waals surface area contributed by atoms with Crippen LogP contribution in [0.15, 0.2) is 16.7 Å². The van der Waals surface area contributed by atoms with Crippen molar-refractivity contribution in [3.05, 3.63) is 35.5 Å². The van der Waals surface area contributed by atoms with Gasteiger partial charge in [-0.05, 0) is 12.1 Å². The van der Waals surface area contributed by atoms with Gasteiger partial charge in [-0.3, -0.25) is 0 Å². The minimum atomic E-state index is -1.56. The lowest BCUT2D eigenvalue weighted by Gasteiger charge is -1.99. The van der Waals surface area contributed by atoms with Crippen LogP contribution in [-0.4, -0.2) is 16.7 Å². The quantitative estimate of drug-likeness (QED) is 0.832. The zero-order chi connectivity index (χ0) is 12.4. The van der Waals surface area contributed by atoms with Crippen molar-refractivity contribution in [2.75, 3.05) is 6.54 Å². The molecule has 0 atom stereocenters. The second-order valence-corrected chi connectivity index (χ2v) is 3.27. The number of halogens is 3. The number of nitrogens with two attached hydrogens (primary N) is 1. The predicted molar refractivity (Wildman–Crippen MR) is 52.4 cm³/mol. The minimum Gasteiger partial charge on any atom is -0.339 e. The predicted octanol–water partition coefficient (Wildman–Crippen LogP) is 1.66. The summed E-state index contributed by atoms with van der Waals surface area (Å²) in [6, 6.07) is 1.84. The Morgan fingerprint density at radius 3 is 2.65 bits per heavy atom. The molecule has 1 aromatic heterocycles. The molecule has 17 heavy (non-hydrogen) atoms. The summed E-state index contributed by atoms with van der Waals surface area (Å²) in [6.07, 6.45) is 0.332. The summed E-state index contributed by atoms with van der Waals surface area (Å²) in [4.78, 5) is 3.81. The third-order valence-electron chi connectivity index (χ3n) is 2.10. The van der Waals surface area contributed by atoms with E-state index in [9.17, 15) is 13.2 Å². The summed E-state index contributed by atoms with van der Waals surface area (Å²) in [7, 11) is 0. The highest BCUT2D eigenvalue weighted by molar-refractivity contribution is 5.55. The molecule has 0 saturated heterocycles. The van der Waals surface area contributed by atoms with Gasteiger partial charge in [0.1, 0.15) is 0 Å².